The standard InChI is InChI=1S/C26H24N6O4/c1-17-13-14-32(30-17)23-11-12-24(29-28-23)36-22-7-3-19(4-8-22)27-26(34)18-15-25(33)31(16-18)20-5-9-21(35-2)10-6-20/h3-14,18H,15-16H2,1-2H3,(H,27,34). The molecule has 2 aromatic carbocycles. The van der Waals surface area contributed by atoms with Crippen LogP contribution in [0.1, 0.15) is 12.1 Å². The fourth-order valence-corrected chi connectivity index (χ4v) is 3.90. The monoisotopic (exact) mass is 484 g/mol. The molecule has 10 heteroatoms. The topological polar surface area (TPSA) is 111 Å². The summed E-state index contributed by atoms with van der Waals surface area (Å²) in [5.74, 6) is 1.45. The lowest BCUT2D eigenvalue weighted by molar-refractivity contribution is -0.122. The summed E-state index contributed by atoms with van der Waals surface area (Å²) in [4.78, 5) is 26.9. The Bertz CT molecular complexity index is 1370. The van der Waals surface area contributed by atoms with Gasteiger partial charge in [-0.1, -0.05) is 0 Å². The van der Waals surface area contributed by atoms with Crippen LogP contribution in [0.3, 0.4) is 0 Å². The van der Waals surface area contributed by atoms with Crippen LogP contribution in [0.4, 0.5) is 11.4 Å². The van der Waals surface area contributed by atoms with E-state index in [1.807, 2.05) is 31.3 Å². The summed E-state index contributed by atoms with van der Waals surface area (Å²) in [6.45, 7) is 2.23. The number of aryl methyl sites for hydroxylation is 1. The van der Waals surface area contributed by atoms with E-state index in [9.17, 15) is 9.59 Å². The van der Waals surface area contributed by atoms with Crippen LogP contribution in [-0.2, 0) is 9.59 Å². The van der Waals surface area contributed by atoms with Gasteiger partial charge in [0.1, 0.15) is 11.5 Å². The normalized spacial score (nSPS) is 15.1. The van der Waals surface area contributed by atoms with Crippen LogP contribution in [0.25, 0.3) is 5.82 Å². The Morgan fingerprint density at radius 2 is 1.72 bits per heavy atom. The van der Waals surface area contributed by atoms with E-state index in [1.165, 1.54) is 0 Å². The van der Waals surface area contributed by atoms with Crippen LogP contribution < -0.4 is 19.7 Å². The van der Waals surface area contributed by atoms with Crippen molar-refractivity contribution in [3.63, 3.8) is 0 Å². The lowest BCUT2D eigenvalue weighted by atomic mass is 10.1. The maximum atomic E-state index is 12.8. The summed E-state index contributed by atoms with van der Waals surface area (Å²) >= 11 is 0. The number of carbonyl (C=O) groups is 2. The highest BCUT2D eigenvalue weighted by molar-refractivity contribution is 6.03. The molecule has 1 N–H and O–H groups in total. The van der Waals surface area contributed by atoms with Gasteiger partial charge in [0.25, 0.3) is 0 Å². The van der Waals surface area contributed by atoms with Gasteiger partial charge in [-0.15, -0.1) is 10.2 Å². The maximum Gasteiger partial charge on any atom is 0.238 e. The van der Waals surface area contributed by atoms with Crippen molar-refractivity contribution >= 4 is 23.2 Å². The molecule has 1 unspecified atom stereocenters. The molecular formula is C26H24N6O4. The number of carbonyl (C=O) groups excluding carboxylic acids is 2. The van der Waals surface area contributed by atoms with E-state index in [1.54, 1.807) is 65.2 Å². The molecule has 4 aromatic rings. The molecule has 182 valence electrons. The van der Waals surface area contributed by atoms with E-state index in [0.717, 1.165) is 11.4 Å². The minimum atomic E-state index is -0.442. The van der Waals surface area contributed by atoms with E-state index in [4.69, 9.17) is 9.47 Å². The van der Waals surface area contributed by atoms with Gasteiger partial charge in [0, 0.05) is 36.6 Å². The molecule has 0 spiro atoms. The summed E-state index contributed by atoms with van der Waals surface area (Å²) in [7, 11) is 1.59. The summed E-state index contributed by atoms with van der Waals surface area (Å²) in [5.41, 5.74) is 2.24. The molecule has 5 rings (SSSR count). The molecule has 0 bridgehead atoms. The smallest absolute Gasteiger partial charge is 0.238 e. The van der Waals surface area contributed by atoms with Gasteiger partial charge in [0.2, 0.25) is 17.7 Å². The summed E-state index contributed by atoms with van der Waals surface area (Å²) < 4.78 is 12.6. The van der Waals surface area contributed by atoms with E-state index >= 15 is 0 Å². The summed E-state index contributed by atoms with van der Waals surface area (Å²) in [6.07, 6.45) is 1.97. The zero-order valence-electron chi connectivity index (χ0n) is 19.8. The highest BCUT2D eigenvalue weighted by Crippen LogP contribution is 2.28. The van der Waals surface area contributed by atoms with Gasteiger partial charge in [0.15, 0.2) is 5.82 Å². The Balaban J connectivity index is 1.17. The number of nitrogens with one attached hydrogen (secondary N) is 1. The molecule has 36 heavy (non-hydrogen) atoms. The third-order valence-electron chi connectivity index (χ3n) is 5.81. The fraction of sp³-hybridized carbons (Fsp3) is 0.192. The van der Waals surface area contributed by atoms with Crippen molar-refractivity contribution in [2.24, 2.45) is 5.92 Å². The van der Waals surface area contributed by atoms with Crippen molar-refractivity contribution < 1.29 is 19.1 Å². The number of methoxy groups -OCH3 is 1. The minimum absolute atomic E-state index is 0.0844. The average molecular weight is 485 g/mol. The van der Waals surface area contributed by atoms with E-state index < -0.39 is 5.92 Å². The van der Waals surface area contributed by atoms with Crippen LogP contribution in [-0.4, -0.2) is 45.4 Å². The maximum absolute atomic E-state index is 12.8. The molecule has 0 radical (unpaired) electrons. The molecule has 0 saturated carbocycles. The first-order valence-corrected chi connectivity index (χ1v) is 11.4. The Labute approximate surface area is 207 Å². The minimum Gasteiger partial charge on any atom is -0.497 e. The largest absolute Gasteiger partial charge is 0.497 e. The number of nitrogens with zero attached hydrogens (tertiary/aromatic N) is 5. The molecule has 1 atom stereocenters. The van der Waals surface area contributed by atoms with Crippen LogP contribution in [0.5, 0.6) is 17.4 Å². The van der Waals surface area contributed by atoms with E-state index in [2.05, 4.69) is 20.6 Å². The van der Waals surface area contributed by atoms with Crippen LogP contribution in [0, 0.1) is 12.8 Å². The third kappa shape index (κ3) is 5.02. The van der Waals surface area contributed by atoms with Crippen LogP contribution >= 0.6 is 0 Å². The van der Waals surface area contributed by atoms with Gasteiger partial charge < -0.3 is 19.7 Å². The first kappa shape index (κ1) is 23.0. The second-order valence-electron chi connectivity index (χ2n) is 8.35. The molecule has 1 aliphatic heterocycles. The van der Waals surface area contributed by atoms with E-state index in [-0.39, 0.29) is 18.2 Å². The van der Waals surface area contributed by atoms with Gasteiger partial charge in [-0.05, 0) is 67.6 Å². The summed E-state index contributed by atoms with van der Waals surface area (Å²) in [5, 5.41) is 15.4. The van der Waals surface area contributed by atoms with Gasteiger partial charge in [-0.25, -0.2) is 4.68 Å². The van der Waals surface area contributed by atoms with Gasteiger partial charge in [0.05, 0.1) is 18.7 Å². The molecule has 1 aliphatic rings. The average Bonchev–Trinajstić information content (AvgIpc) is 3.51. The Morgan fingerprint density at radius 3 is 2.36 bits per heavy atom. The van der Waals surface area contributed by atoms with Crippen molar-refractivity contribution in [3.05, 3.63) is 78.6 Å². The zero-order chi connectivity index (χ0) is 25.1. The predicted molar refractivity (Wildman–Crippen MR) is 132 cm³/mol. The Kier molecular flexibility index (Phi) is 6.31. The Hall–Kier alpha value is -4.73. The molecule has 3 heterocycles. The van der Waals surface area contributed by atoms with Crippen molar-refractivity contribution in [1.82, 2.24) is 20.0 Å². The zero-order valence-corrected chi connectivity index (χ0v) is 19.8. The molecule has 0 aliphatic carbocycles. The molecule has 2 aromatic heterocycles. The first-order valence-electron chi connectivity index (χ1n) is 11.4. The number of hydrogen-bond donors (Lipinski definition) is 1. The molecule has 2 amide bonds. The number of amides is 2. The number of rotatable bonds is 7. The van der Waals surface area contributed by atoms with Crippen molar-refractivity contribution in [3.8, 4) is 23.2 Å². The van der Waals surface area contributed by atoms with Crippen LogP contribution in [0.2, 0.25) is 0 Å². The first-order chi connectivity index (χ1) is 17.5. The third-order valence-corrected chi connectivity index (χ3v) is 5.81. The molecule has 10 nitrogen and oxygen atoms in total. The molecule has 1 saturated heterocycles. The number of benzene rings is 2. The highest BCUT2D eigenvalue weighted by Gasteiger charge is 2.35. The number of anilines is 2. The van der Waals surface area contributed by atoms with Gasteiger partial charge in [-0.3, -0.25) is 9.59 Å². The van der Waals surface area contributed by atoms with Crippen molar-refractivity contribution in [2.45, 2.75) is 13.3 Å². The van der Waals surface area contributed by atoms with Crippen LogP contribution in [0.15, 0.2) is 72.9 Å². The van der Waals surface area contributed by atoms with Crippen molar-refractivity contribution in [2.75, 3.05) is 23.9 Å². The fourth-order valence-electron chi connectivity index (χ4n) is 3.90. The molecule has 1 fully saturated rings. The lowest BCUT2D eigenvalue weighted by Gasteiger charge is -2.17. The lowest BCUT2D eigenvalue weighted by Crippen LogP contribution is -2.28. The van der Waals surface area contributed by atoms with Crippen molar-refractivity contribution in [1.29, 1.82) is 0 Å². The van der Waals surface area contributed by atoms with Gasteiger partial charge in [-0.2, -0.15) is 5.10 Å². The second-order valence-corrected chi connectivity index (χ2v) is 8.35. The van der Waals surface area contributed by atoms with Gasteiger partial charge >= 0.3 is 0 Å². The highest BCUT2D eigenvalue weighted by atomic mass is 16.5. The quantitative estimate of drug-likeness (QED) is 0.425. The number of ether oxygens (including phenoxy) is 2. The number of hydrogen-bond acceptors (Lipinski definition) is 7. The number of aromatic nitrogens is 4. The van der Waals surface area contributed by atoms with E-state index in [0.29, 0.717) is 35.4 Å². The molecular weight excluding hydrogens is 460 g/mol. The SMILES string of the molecule is COc1ccc(N2CC(C(=O)Nc3ccc(Oc4ccc(-n5ccc(C)n5)nn4)cc3)CC2=O)cc1. The summed E-state index contributed by atoms with van der Waals surface area (Å²) in [6, 6.07) is 19.5. The predicted octanol–water partition coefficient (Wildman–Crippen LogP) is 3.76. The second kappa shape index (κ2) is 9.87. The Morgan fingerprint density at radius 1 is 0.972 bits per heavy atom.